The van der Waals surface area contributed by atoms with Gasteiger partial charge in [-0.3, -0.25) is 4.79 Å². The average Bonchev–Trinajstić information content (AvgIpc) is 2.69. The lowest BCUT2D eigenvalue weighted by atomic mass is 10.1. The first-order chi connectivity index (χ1) is 13.8. The summed E-state index contributed by atoms with van der Waals surface area (Å²) in [5.41, 5.74) is 3.57. The van der Waals surface area contributed by atoms with E-state index in [1.54, 1.807) is 0 Å². The summed E-state index contributed by atoms with van der Waals surface area (Å²) in [6.07, 6.45) is 1.88. The Hall–Kier alpha value is -3.63. The molecule has 2 heterocycles. The topological polar surface area (TPSA) is 110 Å². The Labute approximate surface area is 161 Å². The van der Waals surface area contributed by atoms with Crippen LogP contribution in [0.15, 0.2) is 28.1 Å². The van der Waals surface area contributed by atoms with Crippen molar-refractivity contribution in [1.29, 1.82) is 0 Å². The summed E-state index contributed by atoms with van der Waals surface area (Å²) in [6, 6.07) is 2.06. The summed E-state index contributed by atoms with van der Waals surface area (Å²) < 4.78 is 54.5. The molecule has 150 valence electrons. The summed E-state index contributed by atoms with van der Waals surface area (Å²) in [5, 5.41) is 0. The SMILES string of the molecule is Cc1cc(F)c(Cc2nc(-c3nc(CF)c(F)c(=O)[nH]3)cnc2N=CN)cc1F. The third-order valence-electron chi connectivity index (χ3n) is 4.01. The van der Waals surface area contributed by atoms with Gasteiger partial charge in [-0.25, -0.2) is 33.1 Å². The Morgan fingerprint density at radius 3 is 2.62 bits per heavy atom. The number of aromatic nitrogens is 4. The Morgan fingerprint density at radius 2 is 1.93 bits per heavy atom. The van der Waals surface area contributed by atoms with Gasteiger partial charge in [0.05, 0.1) is 18.2 Å². The van der Waals surface area contributed by atoms with Gasteiger partial charge in [-0.05, 0) is 30.2 Å². The van der Waals surface area contributed by atoms with Crippen molar-refractivity contribution in [2.45, 2.75) is 20.0 Å². The van der Waals surface area contributed by atoms with Crippen molar-refractivity contribution in [2.75, 3.05) is 0 Å². The maximum atomic E-state index is 14.2. The van der Waals surface area contributed by atoms with Gasteiger partial charge >= 0.3 is 0 Å². The normalized spacial score (nSPS) is 11.3. The van der Waals surface area contributed by atoms with Crippen molar-refractivity contribution in [2.24, 2.45) is 10.7 Å². The molecule has 29 heavy (non-hydrogen) atoms. The molecule has 0 amide bonds. The van der Waals surface area contributed by atoms with Crippen LogP contribution in [0.25, 0.3) is 11.5 Å². The number of nitrogens with one attached hydrogen (secondary N) is 1. The fourth-order valence-electron chi connectivity index (χ4n) is 2.55. The summed E-state index contributed by atoms with van der Waals surface area (Å²) in [5.74, 6) is -2.83. The van der Waals surface area contributed by atoms with Crippen molar-refractivity contribution in [3.63, 3.8) is 0 Å². The molecule has 0 bridgehead atoms. The van der Waals surface area contributed by atoms with Crippen LogP contribution in [0.5, 0.6) is 0 Å². The van der Waals surface area contributed by atoms with E-state index >= 15 is 0 Å². The lowest BCUT2D eigenvalue weighted by Crippen LogP contribution is -2.17. The fraction of sp³-hybridized carbons (Fsp3) is 0.167. The van der Waals surface area contributed by atoms with Crippen molar-refractivity contribution in [1.82, 2.24) is 19.9 Å². The number of hydrogen-bond acceptors (Lipinski definition) is 5. The Bertz CT molecular complexity index is 1160. The molecule has 3 aromatic rings. The summed E-state index contributed by atoms with van der Waals surface area (Å²) in [6.45, 7) is 0.123. The van der Waals surface area contributed by atoms with E-state index in [-0.39, 0.29) is 40.6 Å². The molecule has 0 saturated carbocycles. The van der Waals surface area contributed by atoms with Gasteiger partial charge in [0.15, 0.2) is 11.6 Å². The Morgan fingerprint density at radius 1 is 1.17 bits per heavy atom. The Balaban J connectivity index is 2.11. The van der Waals surface area contributed by atoms with Gasteiger partial charge in [-0.2, -0.15) is 4.39 Å². The molecule has 0 radical (unpaired) electrons. The minimum absolute atomic E-state index is 0.0157. The highest BCUT2D eigenvalue weighted by molar-refractivity contribution is 5.60. The maximum absolute atomic E-state index is 14.2. The number of aliphatic imine (C=N–C) groups is 1. The summed E-state index contributed by atoms with van der Waals surface area (Å²) in [4.78, 5) is 29.5. The highest BCUT2D eigenvalue weighted by atomic mass is 19.1. The van der Waals surface area contributed by atoms with E-state index in [9.17, 15) is 22.4 Å². The molecule has 0 atom stereocenters. The second kappa shape index (κ2) is 8.17. The van der Waals surface area contributed by atoms with E-state index in [0.29, 0.717) is 0 Å². The zero-order chi connectivity index (χ0) is 21.1. The van der Waals surface area contributed by atoms with Crippen molar-refractivity contribution in [3.05, 3.63) is 68.6 Å². The highest BCUT2D eigenvalue weighted by Gasteiger charge is 2.17. The largest absolute Gasteiger partial charge is 0.390 e. The minimum atomic E-state index is -1.34. The molecular weight excluding hydrogens is 392 g/mol. The van der Waals surface area contributed by atoms with E-state index in [4.69, 9.17) is 5.73 Å². The number of aryl methyl sites for hydroxylation is 1. The van der Waals surface area contributed by atoms with Gasteiger partial charge in [-0.1, -0.05) is 0 Å². The molecule has 0 aliphatic heterocycles. The zero-order valence-corrected chi connectivity index (χ0v) is 15.0. The molecule has 1 aromatic carbocycles. The monoisotopic (exact) mass is 406 g/mol. The number of halogens is 4. The predicted octanol–water partition coefficient (Wildman–Crippen LogP) is 2.63. The fourth-order valence-corrected chi connectivity index (χ4v) is 2.55. The number of nitrogens with zero attached hydrogens (tertiary/aromatic N) is 4. The van der Waals surface area contributed by atoms with Gasteiger partial charge in [0.2, 0.25) is 5.82 Å². The number of rotatable bonds is 5. The third kappa shape index (κ3) is 4.13. The molecular formula is C18H14F4N6O. The molecule has 0 aliphatic rings. The van der Waals surface area contributed by atoms with Gasteiger partial charge in [-0.15, -0.1) is 0 Å². The molecule has 11 heteroatoms. The Kier molecular flexibility index (Phi) is 5.66. The summed E-state index contributed by atoms with van der Waals surface area (Å²) >= 11 is 0. The van der Waals surface area contributed by atoms with Crippen LogP contribution in [0, 0.1) is 24.4 Å². The van der Waals surface area contributed by atoms with Gasteiger partial charge < -0.3 is 10.7 Å². The second-order valence-corrected chi connectivity index (χ2v) is 5.98. The molecule has 3 N–H and O–H groups in total. The standard InChI is InChI=1S/C18H14F4N6O/c1-8-2-11(21)9(3-10(8)20)4-12-16(25-7-23)24-6-14(26-12)17-27-13(5-19)15(22)18(29)28-17/h2-3,6-7H,4-5H2,1H3,(H2,23,24,25)(H,27,28,29). The molecule has 0 fully saturated rings. The van der Waals surface area contributed by atoms with Crippen LogP contribution in [0.1, 0.15) is 22.5 Å². The first-order valence-electron chi connectivity index (χ1n) is 8.23. The van der Waals surface area contributed by atoms with Crippen LogP contribution in [0.4, 0.5) is 23.4 Å². The third-order valence-corrected chi connectivity index (χ3v) is 4.01. The van der Waals surface area contributed by atoms with Crippen molar-refractivity contribution in [3.8, 4) is 11.5 Å². The molecule has 0 spiro atoms. The quantitative estimate of drug-likeness (QED) is 0.385. The van der Waals surface area contributed by atoms with Crippen LogP contribution in [-0.4, -0.2) is 26.3 Å². The van der Waals surface area contributed by atoms with E-state index in [1.165, 1.54) is 6.92 Å². The van der Waals surface area contributed by atoms with Crippen LogP contribution >= 0.6 is 0 Å². The number of benzene rings is 1. The number of hydrogen-bond donors (Lipinski definition) is 2. The first-order valence-corrected chi connectivity index (χ1v) is 8.23. The van der Waals surface area contributed by atoms with E-state index < -0.39 is 35.4 Å². The molecule has 0 unspecified atom stereocenters. The van der Waals surface area contributed by atoms with Crippen molar-refractivity contribution >= 4 is 12.2 Å². The van der Waals surface area contributed by atoms with E-state index in [0.717, 1.165) is 24.7 Å². The van der Waals surface area contributed by atoms with E-state index in [2.05, 4.69) is 24.9 Å². The predicted molar refractivity (Wildman–Crippen MR) is 96.9 cm³/mol. The van der Waals surface area contributed by atoms with Crippen LogP contribution < -0.4 is 11.3 Å². The van der Waals surface area contributed by atoms with Gasteiger partial charge in [0, 0.05) is 6.42 Å². The zero-order valence-electron chi connectivity index (χ0n) is 15.0. The van der Waals surface area contributed by atoms with Gasteiger partial charge in [0.1, 0.15) is 29.7 Å². The van der Waals surface area contributed by atoms with Crippen LogP contribution in [0.3, 0.4) is 0 Å². The molecule has 2 aromatic heterocycles. The molecule has 0 saturated heterocycles. The lowest BCUT2D eigenvalue weighted by molar-refractivity contribution is 0.447. The highest BCUT2D eigenvalue weighted by Crippen LogP contribution is 2.24. The van der Waals surface area contributed by atoms with E-state index in [1.807, 2.05) is 0 Å². The minimum Gasteiger partial charge on any atom is -0.390 e. The van der Waals surface area contributed by atoms with Crippen LogP contribution in [-0.2, 0) is 13.1 Å². The molecule has 0 aliphatic carbocycles. The average molecular weight is 406 g/mol. The first kappa shape index (κ1) is 20.1. The summed E-state index contributed by atoms with van der Waals surface area (Å²) in [7, 11) is 0. The van der Waals surface area contributed by atoms with Crippen LogP contribution in [0.2, 0.25) is 0 Å². The number of H-pyrrole nitrogens is 1. The number of nitrogens with two attached hydrogens (primary N) is 1. The van der Waals surface area contributed by atoms with Gasteiger partial charge in [0.25, 0.3) is 5.56 Å². The molecule has 7 nitrogen and oxygen atoms in total. The number of aromatic amines is 1. The lowest BCUT2D eigenvalue weighted by Gasteiger charge is -2.09. The molecule has 3 rings (SSSR count). The van der Waals surface area contributed by atoms with Crippen molar-refractivity contribution < 1.29 is 17.6 Å². The smallest absolute Gasteiger partial charge is 0.287 e. The second-order valence-electron chi connectivity index (χ2n) is 5.98. The number of alkyl halides is 1. The maximum Gasteiger partial charge on any atom is 0.287 e.